The highest BCUT2D eigenvalue weighted by molar-refractivity contribution is 5.85. The smallest absolute Gasteiger partial charge is 0.0471 e. The van der Waals surface area contributed by atoms with Crippen LogP contribution < -0.4 is 0 Å². The van der Waals surface area contributed by atoms with Crippen molar-refractivity contribution in [1.29, 1.82) is 0 Å². The molecule has 0 spiro atoms. The molecule has 11 heavy (non-hydrogen) atoms. The van der Waals surface area contributed by atoms with Crippen LogP contribution in [0.4, 0.5) is 0 Å². The first-order chi connectivity index (χ1) is 4.43. The minimum absolute atomic E-state index is 0. The molecule has 0 unspecified atom stereocenters. The van der Waals surface area contributed by atoms with E-state index < -0.39 is 0 Å². The van der Waals surface area contributed by atoms with Crippen LogP contribution in [0.1, 0.15) is 5.56 Å². The van der Waals surface area contributed by atoms with E-state index in [0.29, 0.717) is 0 Å². The summed E-state index contributed by atoms with van der Waals surface area (Å²) >= 11 is 0. The van der Waals surface area contributed by atoms with Crippen molar-refractivity contribution in [3.63, 3.8) is 0 Å². The number of aliphatic hydroxyl groups is 1. The van der Waals surface area contributed by atoms with Crippen molar-refractivity contribution < 1.29 is 5.11 Å². The van der Waals surface area contributed by atoms with Gasteiger partial charge in [-0.2, -0.15) is 0 Å². The SMILES string of the molecule is Cl.Cl.OCCc1ccccc1. The van der Waals surface area contributed by atoms with Crippen LogP contribution in [-0.4, -0.2) is 11.7 Å². The van der Waals surface area contributed by atoms with Gasteiger partial charge < -0.3 is 5.11 Å². The molecule has 1 aromatic carbocycles. The summed E-state index contributed by atoms with van der Waals surface area (Å²) in [5, 5.41) is 8.52. The van der Waals surface area contributed by atoms with Gasteiger partial charge in [0.25, 0.3) is 0 Å². The summed E-state index contributed by atoms with van der Waals surface area (Å²) in [5.74, 6) is 0. The Morgan fingerprint density at radius 3 is 2.00 bits per heavy atom. The maximum absolute atomic E-state index is 8.52. The fourth-order valence-electron chi connectivity index (χ4n) is 0.774. The summed E-state index contributed by atoms with van der Waals surface area (Å²) in [6.07, 6.45) is 0.765. The van der Waals surface area contributed by atoms with E-state index in [1.54, 1.807) is 0 Å². The highest BCUT2D eigenvalue weighted by atomic mass is 35.5. The van der Waals surface area contributed by atoms with Crippen molar-refractivity contribution in [3.05, 3.63) is 35.9 Å². The van der Waals surface area contributed by atoms with E-state index >= 15 is 0 Å². The number of aliphatic hydroxyl groups excluding tert-OH is 1. The minimum Gasteiger partial charge on any atom is -0.396 e. The molecule has 0 amide bonds. The van der Waals surface area contributed by atoms with Crippen molar-refractivity contribution in [2.75, 3.05) is 6.61 Å². The molecule has 0 saturated carbocycles. The van der Waals surface area contributed by atoms with Crippen LogP contribution in [-0.2, 0) is 6.42 Å². The molecule has 0 aliphatic carbocycles. The zero-order valence-electron chi connectivity index (χ0n) is 6.06. The van der Waals surface area contributed by atoms with E-state index in [-0.39, 0.29) is 31.4 Å². The Morgan fingerprint density at radius 2 is 1.55 bits per heavy atom. The van der Waals surface area contributed by atoms with Crippen molar-refractivity contribution in [2.24, 2.45) is 0 Å². The summed E-state index contributed by atoms with van der Waals surface area (Å²) < 4.78 is 0. The number of benzene rings is 1. The predicted octanol–water partition coefficient (Wildman–Crippen LogP) is 2.06. The lowest BCUT2D eigenvalue weighted by Gasteiger charge is -1.93. The highest BCUT2D eigenvalue weighted by Crippen LogP contribution is 1.97. The van der Waals surface area contributed by atoms with Crippen LogP contribution in [0.15, 0.2) is 30.3 Å². The van der Waals surface area contributed by atoms with Crippen LogP contribution in [0.25, 0.3) is 0 Å². The molecule has 1 nitrogen and oxygen atoms in total. The molecule has 0 aliphatic rings. The lowest BCUT2D eigenvalue weighted by molar-refractivity contribution is 0.299. The van der Waals surface area contributed by atoms with Gasteiger partial charge in [-0.1, -0.05) is 30.3 Å². The first kappa shape index (κ1) is 13.4. The molecule has 1 rings (SSSR count). The second kappa shape index (κ2) is 7.86. The van der Waals surface area contributed by atoms with Crippen LogP contribution >= 0.6 is 24.8 Å². The zero-order chi connectivity index (χ0) is 6.53. The van der Waals surface area contributed by atoms with Crippen molar-refractivity contribution in [2.45, 2.75) is 6.42 Å². The highest BCUT2D eigenvalue weighted by Gasteiger charge is 1.85. The Kier molecular flexibility index (Phi) is 9.55. The number of rotatable bonds is 2. The summed E-state index contributed by atoms with van der Waals surface area (Å²) in [6, 6.07) is 9.95. The van der Waals surface area contributed by atoms with Crippen molar-refractivity contribution >= 4 is 24.8 Å². The minimum atomic E-state index is 0. The first-order valence-electron chi connectivity index (χ1n) is 3.08. The Morgan fingerprint density at radius 1 is 1.00 bits per heavy atom. The second-order valence-electron chi connectivity index (χ2n) is 1.96. The largest absolute Gasteiger partial charge is 0.396 e. The monoisotopic (exact) mass is 194 g/mol. The maximum Gasteiger partial charge on any atom is 0.0471 e. The van der Waals surface area contributed by atoms with Gasteiger partial charge in [-0.05, 0) is 12.0 Å². The Balaban J connectivity index is 0. The average molecular weight is 195 g/mol. The zero-order valence-corrected chi connectivity index (χ0v) is 7.70. The molecular weight excluding hydrogens is 183 g/mol. The summed E-state index contributed by atoms with van der Waals surface area (Å²) in [5.41, 5.74) is 1.19. The maximum atomic E-state index is 8.52. The Bertz CT molecular complexity index is 165. The van der Waals surface area contributed by atoms with Crippen LogP contribution in [0.5, 0.6) is 0 Å². The molecular formula is C8H12Cl2O. The van der Waals surface area contributed by atoms with E-state index in [1.807, 2.05) is 30.3 Å². The van der Waals surface area contributed by atoms with Crippen molar-refractivity contribution in [3.8, 4) is 0 Å². The molecule has 0 heterocycles. The normalized spacial score (nSPS) is 7.73. The topological polar surface area (TPSA) is 20.2 Å². The van der Waals surface area contributed by atoms with E-state index in [1.165, 1.54) is 5.56 Å². The van der Waals surface area contributed by atoms with Gasteiger partial charge in [-0.3, -0.25) is 0 Å². The molecule has 3 heteroatoms. The lowest BCUT2D eigenvalue weighted by Crippen LogP contribution is -1.88. The third-order valence-electron chi connectivity index (χ3n) is 1.24. The molecule has 0 aliphatic heterocycles. The summed E-state index contributed by atoms with van der Waals surface area (Å²) in [7, 11) is 0. The van der Waals surface area contributed by atoms with Crippen LogP contribution in [0.2, 0.25) is 0 Å². The molecule has 64 valence electrons. The van der Waals surface area contributed by atoms with Gasteiger partial charge in [-0.25, -0.2) is 0 Å². The molecule has 0 saturated heterocycles. The average Bonchev–Trinajstić information content (AvgIpc) is 1.91. The van der Waals surface area contributed by atoms with Gasteiger partial charge >= 0.3 is 0 Å². The van der Waals surface area contributed by atoms with Crippen molar-refractivity contribution in [1.82, 2.24) is 0 Å². The standard InChI is InChI=1S/C8H10O.2ClH/c9-7-6-8-4-2-1-3-5-8;;/h1-5,9H,6-7H2;2*1H. The Labute approximate surface area is 79.3 Å². The fourth-order valence-corrected chi connectivity index (χ4v) is 0.774. The number of halogens is 2. The third kappa shape index (κ3) is 5.08. The van der Waals surface area contributed by atoms with Gasteiger partial charge in [0.05, 0.1) is 0 Å². The van der Waals surface area contributed by atoms with Gasteiger partial charge in [-0.15, -0.1) is 24.8 Å². The molecule has 0 atom stereocenters. The van der Waals surface area contributed by atoms with Gasteiger partial charge in [0.2, 0.25) is 0 Å². The second-order valence-corrected chi connectivity index (χ2v) is 1.96. The van der Waals surface area contributed by atoms with Gasteiger partial charge in [0.15, 0.2) is 0 Å². The predicted molar refractivity (Wildman–Crippen MR) is 51.7 cm³/mol. The lowest BCUT2D eigenvalue weighted by atomic mass is 10.2. The molecule has 0 fully saturated rings. The number of hydrogen-bond donors (Lipinski definition) is 1. The summed E-state index contributed by atoms with van der Waals surface area (Å²) in [4.78, 5) is 0. The van der Waals surface area contributed by atoms with E-state index in [9.17, 15) is 0 Å². The third-order valence-corrected chi connectivity index (χ3v) is 1.24. The molecule has 0 radical (unpaired) electrons. The summed E-state index contributed by atoms with van der Waals surface area (Å²) in [6.45, 7) is 0.240. The van der Waals surface area contributed by atoms with E-state index in [0.717, 1.165) is 6.42 Å². The Hall–Kier alpha value is -0.240. The van der Waals surface area contributed by atoms with Crippen LogP contribution in [0, 0.1) is 0 Å². The van der Waals surface area contributed by atoms with Gasteiger partial charge in [0.1, 0.15) is 0 Å². The molecule has 0 bridgehead atoms. The molecule has 1 N–H and O–H groups in total. The molecule has 0 aromatic heterocycles. The molecule has 1 aromatic rings. The van der Waals surface area contributed by atoms with E-state index in [2.05, 4.69) is 0 Å². The quantitative estimate of drug-likeness (QED) is 0.765. The fraction of sp³-hybridized carbons (Fsp3) is 0.250. The number of hydrogen-bond acceptors (Lipinski definition) is 1. The van der Waals surface area contributed by atoms with Gasteiger partial charge in [0, 0.05) is 6.61 Å². The first-order valence-corrected chi connectivity index (χ1v) is 3.08. The van der Waals surface area contributed by atoms with E-state index in [4.69, 9.17) is 5.11 Å². The van der Waals surface area contributed by atoms with Crippen LogP contribution in [0.3, 0.4) is 0 Å².